The summed E-state index contributed by atoms with van der Waals surface area (Å²) >= 11 is 1.57. The lowest BCUT2D eigenvalue weighted by atomic mass is 10.1. The molecule has 0 spiro atoms. The third-order valence-electron chi connectivity index (χ3n) is 2.50. The van der Waals surface area contributed by atoms with Gasteiger partial charge in [-0.25, -0.2) is 9.37 Å². The molecule has 0 aliphatic carbocycles. The zero-order chi connectivity index (χ0) is 11.7. The number of rotatable bonds is 2. The van der Waals surface area contributed by atoms with Crippen LogP contribution in [0, 0.1) is 19.7 Å². The minimum absolute atomic E-state index is 0.214. The molecule has 0 fully saturated rings. The first kappa shape index (κ1) is 11.2. The molecule has 84 valence electrons. The summed E-state index contributed by atoms with van der Waals surface area (Å²) in [6.45, 7) is 4.34. The van der Waals surface area contributed by atoms with Crippen molar-refractivity contribution in [3.8, 4) is 10.6 Å². The van der Waals surface area contributed by atoms with E-state index in [0.717, 1.165) is 26.7 Å². The number of nitrogens with two attached hydrogens (primary N) is 1. The molecule has 16 heavy (non-hydrogen) atoms. The highest BCUT2D eigenvalue weighted by molar-refractivity contribution is 7.15. The Kier molecular flexibility index (Phi) is 3.03. The maximum atomic E-state index is 13.0. The predicted molar refractivity (Wildman–Crippen MR) is 64.9 cm³/mol. The molecule has 0 aliphatic rings. The van der Waals surface area contributed by atoms with Gasteiger partial charge in [-0.2, -0.15) is 0 Å². The fourth-order valence-electron chi connectivity index (χ4n) is 1.60. The Bertz CT molecular complexity index is 520. The van der Waals surface area contributed by atoms with Gasteiger partial charge in [-0.1, -0.05) is 0 Å². The van der Waals surface area contributed by atoms with Gasteiger partial charge in [-0.3, -0.25) is 0 Å². The summed E-state index contributed by atoms with van der Waals surface area (Å²) in [5.74, 6) is -0.214. The van der Waals surface area contributed by atoms with Gasteiger partial charge >= 0.3 is 0 Å². The van der Waals surface area contributed by atoms with Crippen molar-refractivity contribution in [1.82, 2.24) is 4.98 Å². The second-order valence-electron chi connectivity index (χ2n) is 3.69. The van der Waals surface area contributed by atoms with E-state index >= 15 is 0 Å². The van der Waals surface area contributed by atoms with Crippen molar-refractivity contribution in [2.75, 3.05) is 0 Å². The number of nitrogens with zero attached hydrogens (tertiary/aromatic N) is 1. The lowest BCUT2D eigenvalue weighted by molar-refractivity contribution is 0.627. The number of halogens is 1. The quantitative estimate of drug-likeness (QED) is 0.870. The summed E-state index contributed by atoms with van der Waals surface area (Å²) < 4.78 is 13.0. The highest BCUT2D eigenvalue weighted by Gasteiger charge is 2.10. The smallest absolute Gasteiger partial charge is 0.124 e. The summed E-state index contributed by atoms with van der Waals surface area (Å²) in [5.41, 5.74) is 8.46. The van der Waals surface area contributed by atoms with Crippen LogP contribution >= 0.6 is 11.3 Å². The molecule has 0 saturated heterocycles. The summed E-state index contributed by atoms with van der Waals surface area (Å²) in [6, 6.07) is 4.75. The van der Waals surface area contributed by atoms with Crippen LogP contribution in [0.4, 0.5) is 4.39 Å². The van der Waals surface area contributed by atoms with Crippen LogP contribution in [0.25, 0.3) is 10.6 Å². The SMILES string of the molecule is Cc1cc(F)ccc1-c1nc(C)c(CN)s1. The Morgan fingerprint density at radius 3 is 2.69 bits per heavy atom. The molecule has 2 aromatic rings. The number of thiazole rings is 1. The van der Waals surface area contributed by atoms with E-state index in [-0.39, 0.29) is 5.82 Å². The zero-order valence-corrected chi connectivity index (χ0v) is 10.1. The molecule has 2 rings (SSSR count). The number of benzene rings is 1. The molecule has 0 unspecified atom stereocenters. The molecule has 0 radical (unpaired) electrons. The van der Waals surface area contributed by atoms with Crippen LogP contribution in [0.2, 0.25) is 0 Å². The average molecular weight is 236 g/mol. The van der Waals surface area contributed by atoms with E-state index in [1.807, 2.05) is 13.8 Å². The summed E-state index contributed by atoms with van der Waals surface area (Å²) in [6.07, 6.45) is 0. The van der Waals surface area contributed by atoms with Gasteiger partial charge in [-0.05, 0) is 37.6 Å². The van der Waals surface area contributed by atoms with Crippen molar-refractivity contribution >= 4 is 11.3 Å². The molecule has 2 N–H and O–H groups in total. The second-order valence-corrected chi connectivity index (χ2v) is 4.77. The summed E-state index contributed by atoms with van der Waals surface area (Å²) in [4.78, 5) is 5.54. The molecule has 4 heteroatoms. The Morgan fingerprint density at radius 1 is 1.38 bits per heavy atom. The van der Waals surface area contributed by atoms with Gasteiger partial charge in [0, 0.05) is 17.0 Å². The molecule has 0 bridgehead atoms. The number of hydrogen-bond donors (Lipinski definition) is 1. The van der Waals surface area contributed by atoms with Gasteiger partial charge < -0.3 is 5.73 Å². The average Bonchev–Trinajstić information content (AvgIpc) is 2.59. The molecule has 1 heterocycles. The predicted octanol–water partition coefficient (Wildman–Crippen LogP) is 3.02. The Hall–Kier alpha value is -1.26. The minimum Gasteiger partial charge on any atom is -0.326 e. The summed E-state index contributed by atoms with van der Waals surface area (Å²) in [5, 5.41) is 0.912. The van der Waals surface area contributed by atoms with E-state index in [1.54, 1.807) is 17.4 Å². The van der Waals surface area contributed by atoms with Crippen LogP contribution in [0.15, 0.2) is 18.2 Å². The van der Waals surface area contributed by atoms with Crippen LogP contribution in [0.3, 0.4) is 0 Å². The maximum Gasteiger partial charge on any atom is 0.124 e. The lowest BCUT2D eigenvalue weighted by Crippen LogP contribution is -1.94. The van der Waals surface area contributed by atoms with Crippen LogP contribution in [0.5, 0.6) is 0 Å². The standard InChI is InChI=1S/C12H13FN2S/c1-7-5-9(13)3-4-10(7)12-15-8(2)11(6-14)16-12/h3-5H,6,14H2,1-2H3. The number of aryl methyl sites for hydroxylation is 2. The van der Waals surface area contributed by atoms with E-state index in [0.29, 0.717) is 6.54 Å². The zero-order valence-electron chi connectivity index (χ0n) is 9.25. The molecule has 0 saturated carbocycles. The lowest BCUT2D eigenvalue weighted by Gasteiger charge is -2.01. The maximum absolute atomic E-state index is 13.0. The third-order valence-corrected chi connectivity index (χ3v) is 3.71. The molecule has 0 amide bonds. The minimum atomic E-state index is -0.214. The van der Waals surface area contributed by atoms with E-state index in [2.05, 4.69) is 4.98 Å². The molecular weight excluding hydrogens is 223 g/mol. The molecular formula is C12H13FN2S. The normalized spacial score (nSPS) is 10.8. The van der Waals surface area contributed by atoms with Crippen molar-refractivity contribution in [1.29, 1.82) is 0 Å². The molecule has 0 aliphatic heterocycles. The van der Waals surface area contributed by atoms with Crippen LogP contribution in [-0.4, -0.2) is 4.98 Å². The van der Waals surface area contributed by atoms with Gasteiger partial charge in [0.1, 0.15) is 10.8 Å². The Morgan fingerprint density at radius 2 is 2.12 bits per heavy atom. The van der Waals surface area contributed by atoms with Crippen molar-refractivity contribution in [3.05, 3.63) is 40.2 Å². The fourth-order valence-corrected chi connectivity index (χ4v) is 2.63. The van der Waals surface area contributed by atoms with Gasteiger partial charge in [0.2, 0.25) is 0 Å². The van der Waals surface area contributed by atoms with E-state index in [9.17, 15) is 4.39 Å². The van der Waals surface area contributed by atoms with Crippen molar-refractivity contribution in [2.24, 2.45) is 5.73 Å². The van der Waals surface area contributed by atoms with E-state index < -0.39 is 0 Å². The fraction of sp³-hybridized carbons (Fsp3) is 0.250. The highest BCUT2D eigenvalue weighted by atomic mass is 32.1. The molecule has 1 aromatic heterocycles. The van der Waals surface area contributed by atoms with Crippen LogP contribution in [0.1, 0.15) is 16.1 Å². The van der Waals surface area contributed by atoms with Crippen LogP contribution in [-0.2, 0) is 6.54 Å². The first-order valence-electron chi connectivity index (χ1n) is 5.04. The van der Waals surface area contributed by atoms with Crippen molar-refractivity contribution in [2.45, 2.75) is 20.4 Å². The first-order valence-corrected chi connectivity index (χ1v) is 5.86. The monoisotopic (exact) mass is 236 g/mol. The van der Waals surface area contributed by atoms with Crippen molar-refractivity contribution < 1.29 is 4.39 Å². The van der Waals surface area contributed by atoms with E-state index in [1.165, 1.54) is 12.1 Å². The third kappa shape index (κ3) is 1.99. The van der Waals surface area contributed by atoms with E-state index in [4.69, 9.17) is 5.73 Å². The largest absolute Gasteiger partial charge is 0.326 e. The van der Waals surface area contributed by atoms with Crippen molar-refractivity contribution in [3.63, 3.8) is 0 Å². The Balaban J connectivity index is 2.50. The Labute approximate surface area is 97.9 Å². The second kappa shape index (κ2) is 4.31. The number of hydrogen-bond acceptors (Lipinski definition) is 3. The molecule has 0 atom stereocenters. The summed E-state index contributed by atoms with van der Waals surface area (Å²) in [7, 11) is 0. The topological polar surface area (TPSA) is 38.9 Å². The van der Waals surface area contributed by atoms with Gasteiger partial charge in [0.05, 0.1) is 5.69 Å². The molecule has 2 nitrogen and oxygen atoms in total. The van der Waals surface area contributed by atoms with Gasteiger partial charge in [0.25, 0.3) is 0 Å². The molecule has 1 aromatic carbocycles. The first-order chi connectivity index (χ1) is 7.61. The van der Waals surface area contributed by atoms with Crippen LogP contribution < -0.4 is 5.73 Å². The number of aromatic nitrogens is 1. The van der Waals surface area contributed by atoms with Gasteiger partial charge in [0.15, 0.2) is 0 Å². The van der Waals surface area contributed by atoms with Gasteiger partial charge in [-0.15, -0.1) is 11.3 Å². The highest BCUT2D eigenvalue weighted by Crippen LogP contribution is 2.30.